The van der Waals surface area contributed by atoms with Gasteiger partial charge in [-0.25, -0.2) is 0 Å². The van der Waals surface area contributed by atoms with Gasteiger partial charge in [-0.2, -0.15) is 25.8 Å². The molecule has 0 fully saturated rings. The van der Waals surface area contributed by atoms with Gasteiger partial charge in [-0.15, -0.1) is 0 Å². The molecule has 124 valence electrons. The van der Waals surface area contributed by atoms with Gasteiger partial charge in [-0.05, 0) is 48.4 Å². The summed E-state index contributed by atoms with van der Waals surface area (Å²) in [5.41, 5.74) is 2.53. The molecular weight excluding hydrogens is 317 g/mol. The molecule has 0 spiro atoms. The zero-order valence-electron chi connectivity index (χ0n) is 13.3. The van der Waals surface area contributed by atoms with Gasteiger partial charge in [-0.3, -0.25) is 0 Å². The van der Waals surface area contributed by atoms with E-state index in [-0.39, 0.29) is 11.2 Å². The smallest absolute Gasteiger partial charge is 0.171 e. The summed E-state index contributed by atoms with van der Waals surface area (Å²) in [6.07, 6.45) is -2.62. The molecule has 2 aromatic carbocycles. The van der Waals surface area contributed by atoms with Crippen LogP contribution >= 0.6 is 12.6 Å². The molecule has 0 aliphatic carbocycles. The van der Waals surface area contributed by atoms with E-state index in [2.05, 4.69) is 36.9 Å². The van der Waals surface area contributed by atoms with Crippen molar-refractivity contribution >= 4 is 12.6 Å². The first-order valence-electron chi connectivity index (χ1n) is 7.71. The molecule has 0 saturated heterocycles. The molecule has 2 rings (SSSR count). The van der Waals surface area contributed by atoms with Crippen LogP contribution in [0, 0.1) is 0 Å². The second-order valence-corrected chi connectivity index (χ2v) is 6.76. The van der Waals surface area contributed by atoms with Crippen LogP contribution in [0.2, 0.25) is 0 Å². The number of benzene rings is 2. The third-order valence-corrected chi connectivity index (χ3v) is 4.41. The summed E-state index contributed by atoms with van der Waals surface area (Å²) in [4.78, 5) is 0. The van der Waals surface area contributed by atoms with Crippen LogP contribution in [0.15, 0.2) is 48.5 Å². The van der Waals surface area contributed by atoms with E-state index in [1.165, 1.54) is 23.3 Å². The fraction of sp³-hybridized carbons (Fsp3) is 0.368. The Morgan fingerprint density at radius 2 is 1.61 bits per heavy atom. The normalized spacial score (nSPS) is 14.5. The minimum Gasteiger partial charge on any atom is -0.171 e. The molecule has 2 aromatic rings. The molecule has 2 atom stereocenters. The highest BCUT2D eigenvalue weighted by atomic mass is 32.1. The van der Waals surface area contributed by atoms with Crippen LogP contribution in [-0.4, -0.2) is 0 Å². The lowest BCUT2D eigenvalue weighted by Gasteiger charge is -2.15. The lowest BCUT2D eigenvalue weighted by molar-refractivity contribution is -0.137. The molecular formula is C19H21F3S. The van der Waals surface area contributed by atoms with Gasteiger partial charge < -0.3 is 0 Å². The van der Waals surface area contributed by atoms with Gasteiger partial charge in [0.05, 0.1) is 5.56 Å². The van der Waals surface area contributed by atoms with Crippen molar-refractivity contribution in [3.05, 3.63) is 70.8 Å². The van der Waals surface area contributed by atoms with Crippen LogP contribution in [0.3, 0.4) is 0 Å². The zero-order chi connectivity index (χ0) is 17.0. The van der Waals surface area contributed by atoms with Crippen LogP contribution in [0.1, 0.15) is 53.7 Å². The highest BCUT2D eigenvalue weighted by Gasteiger charge is 2.30. The van der Waals surface area contributed by atoms with Crippen LogP contribution < -0.4 is 0 Å². The fourth-order valence-electron chi connectivity index (χ4n) is 2.53. The standard InChI is InChI=1S/C19H21F3S/c1-13(17-4-3-5-18(12-17)19(20,21)22)6-7-15-8-10-16(11-9-15)14(2)23/h3-5,8-14,23H,6-7H2,1-2H3. The number of aryl methyl sites for hydroxylation is 1. The monoisotopic (exact) mass is 338 g/mol. The Labute approximate surface area is 141 Å². The van der Waals surface area contributed by atoms with E-state index < -0.39 is 11.7 Å². The number of alkyl halides is 3. The second kappa shape index (κ2) is 7.43. The van der Waals surface area contributed by atoms with Crippen molar-refractivity contribution in [1.29, 1.82) is 0 Å². The minimum absolute atomic E-state index is 0.0841. The van der Waals surface area contributed by atoms with Gasteiger partial charge in [-0.1, -0.05) is 49.4 Å². The minimum atomic E-state index is -4.28. The van der Waals surface area contributed by atoms with Crippen LogP contribution in [-0.2, 0) is 12.6 Å². The molecule has 2 unspecified atom stereocenters. The molecule has 0 nitrogen and oxygen atoms in total. The highest BCUT2D eigenvalue weighted by molar-refractivity contribution is 7.80. The zero-order valence-corrected chi connectivity index (χ0v) is 14.2. The predicted octanol–water partition coefficient (Wildman–Crippen LogP) is 6.43. The van der Waals surface area contributed by atoms with Gasteiger partial charge >= 0.3 is 6.18 Å². The Morgan fingerprint density at radius 3 is 2.17 bits per heavy atom. The summed E-state index contributed by atoms with van der Waals surface area (Å²) < 4.78 is 38.3. The summed E-state index contributed by atoms with van der Waals surface area (Å²) in [6.45, 7) is 3.99. The van der Waals surface area contributed by atoms with Crippen molar-refractivity contribution in [1.82, 2.24) is 0 Å². The van der Waals surface area contributed by atoms with Crippen molar-refractivity contribution in [2.75, 3.05) is 0 Å². The van der Waals surface area contributed by atoms with E-state index >= 15 is 0 Å². The third kappa shape index (κ3) is 5.03. The maximum atomic E-state index is 12.8. The summed E-state index contributed by atoms with van der Waals surface area (Å²) in [5, 5.41) is 0.202. The molecule has 0 amide bonds. The first kappa shape index (κ1) is 17.9. The molecule has 0 N–H and O–H groups in total. The van der Waals surface area contributed by atoms with E-state index in [1.54, 1.807) is 6.07 Å². The van der Waals surface area contributed by atoms with E-state index in [0.29, 0.717) is 0 Å². The molecule has 4 heteroatoms. The van der Waals surface area contributed by atoms with Gasteiger partial charge in [0.1, 0.15) is 0 Å². The summed E-state index contributed by atoms with van der Waals surface area (Å²) >= 11 is 4.40. The van der Waals surface area contributed by atoms with Crippen molar-refractivity contribution < 1.29 is 13.2 Å². The molecule has 0 bridgehead atoms. The fourth-order valence-corrected chi connectivity index (χ4v) is 2.71. The SMILES string of the molecule is CC(S)c1ccc(CCC(C)c2cccc(C(F)(F)F)c2)cc1. The molecule has 23 heavy (non-hydrogen) atoms. The van der Waals surface area contributed by atoms with Crippen molar-refractivity contribution in [3.63, 3.8) is 0 Å². The number of hydrogen-bond donors (Lipinski definition) is 1. The van der Waals surface area contributed by atoms with Gasteiger partial charge in [0, 0.05) is 5.25 Å². The predicted molar refractivity (Wildman–Crippen MR) is 92.0 cm³/mol. The molecule has 0 aliphatic heterocycles. The van der Waals surface area contributed by atoms with Gasteiger partial charge in [0.15, 0.2) is 0 Å². The maximum absolute atomic E-state index is 12.8. The van der Waals surface area contributed by atoms with Gasteiger partial charge in [0.25, 0.3) is 0 Å². The Bertz CT molecular complexity index is 630. The first-order valence-corrected chi connectivity index (χ1v) is 8.23. The lowest BCUT2D eigenvalue weighted by Crippen LogP contribution is -2.06. The second-order valence-electron chi connectivity index (χ2n) is 5.98. The molecule has 0 saturated carbocycles. The average molecular weight is 338 g/mol. The van der Waals surface area contributed by atoms with Crippen molar-refractivity contribution in [2.24, 2.45) is 0 Å². The van der Waals surface area contributed by atoms with Crippen LogP contribution in [0.25, 0.3) is 0 Å². The third-order valence-electron chi connectivity index (χ3n) is 4.11. The van der Waals surface area contributed by atoms with E-state index in [0.717, 1.165) is 24.5 Å². The summed E-state index contributed by atoms with van der Waals surface area (Å²) in [5.74, 6) is 0.0841. The van der Waals surface area contributed by atoms with E-state index in [1.807, 2.05) is 13.8 Å². The van der Waals surface area contributed by atoms with E-state index in [9.17, 15) is 13.2 Å². The highest BCUT2D eigenvalue weighted by Crippen LogP contribution is 2.32. The molecule has 0 aliphatic rings. The Balaban J connectivity index is 2.00. The number of rotatable bonds is 5. The van der Waals surface area contributed by atoms with Crippen LogP contribution in [0.5, 0.6) is 0 Å². The molecule has 0 radical (unpaired) electrons. The van der Waals surface area contributed by atoms with Crippen molar-refractivity contribution in [2.45, 2.75) is 44.0 Å². The average Bonchev–Trinajstić information content (AvgIpc) is 2.52. The maximum Gasteiger partial charge on any atom is 0.416 e. The Morgan fingerprint density at radius 1 is 0.957 bits per heavy atom. The molecule has 0 aromatic heterocycles. The Kier molecular flexibility index (Phi) is 5.79. The summed E-state index contributed by atoms with van der Waals surface area (Å²) in [6, 6.07) is 13.9. The number of halogens is 3. The molecule has 0 heterocycles. The Hall–Kier alpha value is -1.42. The van der Waals surface area contributed by atoms with Crippen molar-refractivity contribution in [3.8, 4) is 0 Å². The topological polar surface area (TPSA) is 0 Å². The number of hydrogen-bond acceptors (Lipinski definition) is 1. The van der Waals surface area contributed by atoms with Crippen LogP contribution in [0.4, 0.5) is 13.2 Å². The number of thiol groups is 1. The lowest BCUT2D eigenvalue weighted by atomic mass is 9.92. The quantitative estimate of drug-likeness (QED) is 0.596. The van der Waals surface area contributed by atoms with Gasteiger partial charge in [0.2, 0.25) is 0 Å². The van der Waals surface area contributed by atoms with E-state index in [4.69, 9.17) is 0 Å². The largest absolute Gasteiger partial charge is 0.416 e. The summed E-state index contributed by atoms with van der Waals surface area (Å²) in [7, 11) is 0. The first-order chi connectivity index (χ1) is 10.8.